The Balaban J connectivity index is 1.94. The van der Waals surface area contributed by atoms with Gasteiger partial charge in [-0.2, -0.15) is 0 Å². The van der Waals surface area contributed by atoms with Crippen LogP contribution in [0.25, 0.3) is 0 Å². The number of halogens is 1. The molecule has 112 valence electrons. The van der Waals surface area contributed by atoms with Gasteiger partial charge in [0.2, 0.25) is 0 Å². The van der Waals surface area contributed by atoms with Gasteiger partial charge in [0.1, 0.15) is 0 Å². The van der Waals surface area contributed by atoms with E-state index in [4.69, 9.17) is 4.74 Å². The Morgan fingerprint density at radius 3 is 2.52 bits per heavy atom. The molecule has 2 nitrogen and oxygen atoms in total. The SMILES string of the molecule is CNC(CCCc1cccc(OC)c1F)c1ccccc1. The van der Waals surface area contributed by atoms with Crippen LogP contribution >= 0.6 is 0 Å². The van der Waals surface area contributed by atoms with Crippen LogP contribution in [0.2, 0.25) is 0 Å². The first-order chi connectivity index (χ1) is 10.3. The van der Waals surface area contributed by atoms with Crippen molar-refractivity contribution in [2.75, 3.05) is 14.2 Å². The molecular formula is C18H22FNO. The lowest BCUT2D eigenvalue weighted by molar-refractivity contribution is 0.383. The van der Waals surface area contributed by atoms with E-state index in [0.717, 1.165) is 18.4 Å². The third-order valence-corrected chi connectivity index (χ3v) is 3.75. The normalized spacial score (nSPS) is 12.1. The first kappa shape index (κ1) is 15.5. The summed E-state index contributed by atoms with van der Waals surface area (Å²) in [6.07, 6.45) is 2.61. The summed E-state index contributed by atoms with van der Waals surface area (Å²) in [5.74, 6) is 0.0847. The molecule has 0 fully saturated rings. The van der Waals surface area contributed by atoms with Crippen LogP contribution in [0, 0.1) is 5.82 Å². The van der Waals surface area contributed by atoms with Crippen molar-refractivity contribution in [1.29, 1.82) is 0 Å². The molecule has 0 spiro atoms. The van der Waals surface area contributed by atoms with Crippen LogP contribution in [0.1, 0.15) is 30.0 Å². The highest BCUT2D eigenvalue weighted by molar-refractivity contribution is 5.31. The zero-order valence-corrected chi connectivity index (χ0v) is 12.6. The molecule has 2 aromatic rings. The zero-order chi connectivity index (χ0) is 15.1. The van der Waals surface area contributed by atoms with Crippen molar-refractivity contribution >= 4 is 0 Å². The smallest absolute Gasteiger partial charge is 0.168 e. The summed E-state index contributed by atoms with van der Waals surface area (Å²) in [5.41, 5.74) is 1.99. The second-order valence-corrected chi connectivity index (χ2v) is 5.08. The number of benzene rings is 2. The van der Waals surface area contributed by atoms with Gasteiger partial charge in [-0.1, -0.05) is 42.5 Å². The number of rotatable bonds is 7. The molecule has 0 radical (unpaired) electrons. The monoisotopic (exact) mass is 287 g/mol. The molecule has 0 saturated heterocycles. The Morgan fingerprint density at radius 2 is 1.86 bits per heavy atom. The minimum Gasteiger partial charge on any atom is -0.494 e. The van der Waals surface area contributed by atoms with Crippen LogP contribution in [0.3, 0.4) is 0 Å². The summed E-state index contributed by atoms with van der Waals surface area (Å²) < 4.78 is 19.1. The third kappa shape index (κ3) is 4.05. The summed E-state index contributed by atoms with van der Waals surface area (Å²) in [5, 5.41) is 3.32. The third-order valence-electron chi connectivity index (χ3n) is 3.75. The summed E-state index contributed by atoms with van der Waals surface area (Å²) in [7, 11) is 3.46. The molecule has 0 amide bonds. The molecule has 1 atom stereocenters. The Kier molecular flexibility index (Phi) is 5.76. The van der Waals surface area contributed by atoms with Gasteiger partial charge in [-0.15, -0.1) is 0 Å². The number of aryl methyl sites for hydroxylation is 1. The summed E-state index contributed by atoms with van der Waals surface area (Å²) in [6.45, 7) is 0. The van der Waals surface area contributed by atoms with Crippen molar-refractivity contribution in [3.63, 3.8) is 0 Å². The lowest BCUT2D eigenvalue weighted by Crippen LogP contribution is -2.16. The average Bonchev–Trinajstić information content (AvgIpc) is 2.54. The zero-order valence-electron chi connectivity index (χ0n) is 12.6. The maximum atomic E-state index is 14.1. The van der Waals surface area contributed by atoms with Gasteiger partial charge >= 0.3 is 0 Å². The van der Waals surface area contributed by atoms with Crippen molar-refractivity contribution in [3.05, 3.63) is 65.5 Å². The van der Waals surface area contributed by atoms with Gasteiger partial charge in [-0.05, 0) is 43.5 Å². The molecule has 0 aromatic heterocycles. The highest BCUT2D eigenvalue weighted by atomic mass is 19.1. The molecule has 1 unspecified atom stereocenters. The summed E-state index contributed by atoms with van der Waals surface area (Å²) >= 11 is 0. The van der Waals surface area contributed by atoms with Gasteiger partial charge in [-0.25, -0.2) is 4.39 Å². The van der Waals surface area contributed by atoms with E-state index < -0.39 is 0 Å². The molecule has 0 aliphatic carbocycles. The lowest BCUT2D eigenvalue weighted by atomic mass is 9.99. The molecular weight excluding hydrogens is 265 g/mol. The number of nitrogens with one attached hydrogen (secondary N) is 1. The largest absolute Gasteiger partial charge is 0.494 e. The standard InChI is InChI=1S/C18H22FNO/c1-20-16(14-8-4-3-5-9-14)12-6-10-15-11-7-13-17(21-2)18(15)19/h3-5,7-9,11,13,16,20H,6,10,12H2,1-2H3. The topological polar surface area (TPSA) is 21.3 Å². The molecule has 0 bridgehead atoms. The molecule has 0 heterocycles. The van der Waals surface area contributed by atoms with Crippen molar-refractivity contribution < 1.29 is 9.13 Å². The highest BCUT2D eigenvalue weighted by Crippen LogP contribution is 2.23. The molecule has 0 saturated carbocycles. The fourth-order valence-corrected chi connectivity index (χ4v) is 2.57. The molecule has 3 heteroatoms. The van der Waals surface area contributed by atoms with E-state index in [0.29, 0.717) is 18.2 Å². The van der Waals surface area contributed by atoms with E-state index in [1.165, 1.54) is 12.7 Å². The minimum absolute atomic E-state index is 0.235. The van der Waals surface area contributed by atoms with Crippen molar-refractivity contribution in [2.45, 2.75) is 25.3 Å². The van der Waals surface area contributed by atoms with Crippen LogP contribution in [0.15, 0.2) is 48.5 Å². The molecule has 2 aromatic carbocycles. The van der Waals surface area contributed by atoms with Crippen molar-refractivity contribution in [2.24, 2.45) is 0 Å². The minimum atomic E-state index is -0.235. The lowest BCUT2D eigenvalue weighted by Gasteiger charge is -2.16. The van der Waals surface area contributed by atoms with E-state index >= 15 is 0 Å². The fourth-order valence-electron chi connectivity index (χ4n) is 2.57. The summed E-state index contributed by atoms with van der Waals surface area (Å²) in [4.78, 5) is 0. The second-order valence-electron chi connectivity index (χ2n) is 5.08. The fraction of sp³-hybridized carbons (Fsp3) is 0.333. The Hall–Kier alpha value is -1.87. The first-order valence-electron chi connectivity index (χ1n) is 7.30. The van der Waals surface area contributed by atoms with Crippen LogP contribution in [-0.4, -0.2) is 14.2 Å². The molecule has 0 aliphatic heterocycles. The Bertz CT molecular complexity index is 556. The van der Waals surface area contributed by atoms with Gasteiger partial charge in [-0.3, -0.25) is 0 Å². The van der Waals surface area contributed by atoms with E-state index in [1.807, 2.05) is 37.4 Å². The maximum absolute atomic E-state index is 14.1. The second kappa shape index (κ2) is 7.79. The number of hydrogen-bond donors (Lipinski definition) is 1. The highest BCUT2D eigenvalue weighted by Gasteiger charge is 2.11. The number of methoxy groups -OCH3 is 1. The Morgan fingerprint density at radius 1 is 1.10 bits per heavy atom. The first-order valence-corrected chi connectivity index (χ1v) is 7.30. The predicted molar refractivity (Wildman–Crippen MR) is 84.1 cm³/mol. The van der Waals surface area contributed by atoms with Crippen LogP contribution in [0.5, 0.6) is 5.75 Å². The molecule has 0 aliphatic rings. The summed E-state index contributed by atoms with van der Waals surface area (Å²) in [6, 6.07) is 16.0. The Labute approximate surface area is 126 Å². The van der Waals surface area contributed by atoms with Gasteiger partial charge in [0.05, 0.1) is 7.11 Å². The van der Waals surface area contributed by atoms with E-state index in [9.17, 15) is 4.39 Å². The molecule has 1 N–H and O–H groups in total. The molecule has 2 rings (SSSR count). The van der Waals surface area contributed by atoms with E-state index in [-0.39, 0.29) is 5.82 Å². The quantitative estimate of drug-likeness (QED) is 0.827. The van der Waals surface area contributed by atoms with E-state index in [1.54, 1.807) is 6.07 Å². The van der Waals surface area contributed by atoms with Gasteiger partial charge < -0.3 is 10.1 Å². The van der Waals surface area contributed by atoms with Gasteiger partial charge in [0, 0.05) is 6.04 Å². The number of hydrogen-bond acceptors (Lipinski definition) is 2. The van der Waals surface area contributed by atoms with Crippen LogP contribution in [0.4, 0.5) is 4.39 Å². The van der Waals surface area contributed by atoms with Crippen LogP contribution < -0.4 is 10.1 Å². The van der Waals surface area contributed by atoms with Gasteiger partial charge in [0.15, 0.2) is 11.6 Å². The van der Waals surface area contributed by atoms with E-state index in [2.05, 4.69) is 17.4 Å². The van der Waals surface area contributed by atoms with Crippen molar-refractivity contribution in [3.8, 4) is 5.75 Å². The maximum Gasteiger partial charge on any atom is 0.168 e. The average molecular weight is 287 g/mol. The van der Waals surface area contributed by atoms with Gasteiger partial charge in [0.25, 0.3) is 0 Å². The van der Waals surface area contributed by atoms with Crippen LogP contribution in [-0.2, 0) is 6.42 Å². The predicted octanol–water partition coefficient (Wildman–Crippen LogP) is 4.12. The molecule has 21 heavy (non-hydrogen) atoms. The number of ether oxygens (including phenoxy) is 1. The van der Waals surface area contributed by atoms with Crippen molar-refractivity contribution in [1.82, 2.24) is 5.32 Å².